The Kier molecular flexibility index (Phi) is 6.56. The van der Waals surface area contributed by atoms with Gasteiger partial charge in [0, 0.05) is 37.9 Å². The Morgan fingerprint density at radius 2 is 1.87 bits per heavy atom. The van der Waals surface area contributed by atoms with E-state index in [1.165, 1.54) is 42.1 Å². The fourth-order valence-electron chi connectivity index (χ4n) is 3.73. The van der Waals surface area contributed by atoms with Crippen molar-refractivity contribution in [3.05, 3.63) is 57.6 Å². The summed E-state index contributed by atoms with van der Waals surface area (Å²) in [7, 11) is 1.42. The highest BCUT2D eigenvalue weighted by atomic mass is 16.6. The Morgan fingerprint density at radius 3 is 2.50 bits per heavy atom. The molecule has 1 saturated heterocycles. The maximum Gasteiger partial charge on any atom is 0.273 e. The number of anilines is 2. The summed E-state index contributed by atoms with van der Waals surface area (Å²) in [6, 6.07) is 10.2. The van der Waals surface area contributed by atoms with E-state index in [1.807, 2.05) is 6.92 Å². The second-order valence-corrected chi connectivity index (χ2v) is 7.55. The number of hydrogen-bond donors (Lipinski definition) is 1. The molecule has 1 fully saturated rings. The van der Waals surface area contributed by atoms with Gasteiger partial charge in [0.2, 0.25) is 5.91 Å². The number of benzene rings is 2. The number of ether oxygens (including phenoxy) is 1. The molecule has 0 unspecified atom stereocenters. The molecule has 0 bridgehead atoms. The summed E-state index contributed by atoms with van der Waals surface area (Å²) in [5, 5.41) is 13.8. The lowest BCUT2D eigenvalue weighted by atomic mass is 10.1. The number of methoxy groups -OCH3 is 1. The van der Waals surface area contributed by atoms with Crippen LogP contribution in [0, 0.1) is 24.0 Å². The van der Waals surface area contributed by atoms with Gasteiger partial charge in [-0.3, -0.25) is 19.8 Å². The third-order valence-corrected chi connectivity index (χ3v) is 5.81. The van der Waals surface area contributed by atoms with Crippen LogP contribution in [0.2, 0.25) is 0 Å². The Hall–Kier alpha value is -3.13. The third-order valence-electron chi connectivity index (χ3n) is 5.81. The normalized spacial score (nSPS) is 15.5. The molecule has 1 heterocycles. The van der Waals surface area contributed by atoms with Gasteiger partial charge in [-0.2, -0.15) is 0 Å². The number of hydrogen-bond acceptors (Lipinski definition) is 6. The maximum absolute atomic E-state index is 12.8. The molecule has 30 heavy (non-hydrogen) atoms. The number of non-ortho nitro benzene ring substituents is 1. The highest BCUT2D eigenvalue weighted by Crippen LogP contribution is 2.29. The first-order chi connectivity index (χ1) is 14.3. The summed E-state index contributed by atoms with van der Waals surface area (Å²) >= 11 is 0. The molecule has 8 nitrogen and oxygen atoms in total. The van der Waals surface area contributed by atoms with Crippen molar-refractivity contribution in [2.24, 2.45) is 0 Å². The zero-order valence-corrected chi connectivity index (χ0v) is 17.8. The molecule has 3 rings (SSSR count). The molecular weight excluding hydrogens is 384 g/mol. The van der Waals surface area contributed by atoms with E-state index >= 15 is 0 Å². The van der Waals surface area contributed by atoms with E-state index in [0.29, 0.717) is 5.69 Å². The van der Waals surface area contributed by atoms with Gasteiger partial charge < -0.3 is 15.0 Å². The molecule has 2 aromatic rings. The lowest BCUT2D eigenvalue weighted by Crippen LogP contribution is -2.53. The number of nitrogens with zero attached hydrogens (tertiary/aromatic N) is 3. The van der Waals surface area contributed by atoms with Crippen LogP contribution in [0.4, 0.5) is 17.1 Å². The van der Waals surface area contributed by atoms with Crippen molar-refractivity contribution in [3.8, 4) is 5.75 Å². The minimum Gasteiger partial charge on any atom is -0.494 e. The first-order valence-electron chi connectivity index (χ1n) is 10.0. The van der Waals surface area contributed by atoms with E-state index in [9.17, 15) is 14.9 Å². The molecule has 0 aromatic heterocycles. The topological polar surface area (TPSA) is 87.9 Å². The molecule has 1 atom stereocenters. The van der Waals surface area contributed by atoms with Crippen molar-refractivity contribution in [2.75, 3.05) is 43.5 Å². The zero-order valence-electron chi connectivity index (χ0n) is 17.8. The molecule has 2 aromatic carbocycles. The fraction of sp³-hybridized carbons (Fsp3) is 0.409. The number of nitro groups is 1. The van der Waals surface area contributed by atoms with Crippen LogP contribution in [0.25, 0.3) is 0 Å². The molecule has 1 aliphatic heterocycles. The van der Waals surface area contributed by atoms with Gasteiger partial charge in [-0.25, -0.2) is 0 Å². The van der Waals surface area contributed by atoms with Gasteiger partial charge in [0.05, 0.1) is 29.8 Å². The lowest BCUT2D eigenvalue weighted by molar-refractivity contribution is -0.384. The maximum atomic E-state index is 12.8. The first kappa shape index (κ1) is 21.6. The Labute approximate surface area is 176 Å². The summed E-state index contributed by atoms with van der Waals surface area (Å²) in [6.45, 7) is 9.39. The molecular formula is C22H28N4O4. The SMILES string of the molecule is COc1cc([N+](=O)[O-])ccc1NC(=O)[C@@H](C)N1CCN(c2cccc(C)c2C)CC1. The number of aryl methyl sites for hydroxylation is 1. The standard InChI is InChI=1S/C22H28N4O4/c1-15-6-5-7-20(16(15)2)25-12-10-24(11-13-25)17(3)22(27)23-19-9-8-18(26(28)29)14-21(19)30-4/h5-9,14,17H,10-13H2,1-4H3,(H,23,27)/t17-/m1/s1. The predicted molar refractivity (Wildman–Crippen MR) is 117 cm³/mol. The second kappa shape index (κ2) is 9.13. The zero-order chi connectivity index (χ0) is 21.8. The van der Waals surface area contributed by atoms with Crippen LogP contribution in [0.3, 0.4) is 0 Å². The number of nitrogens with one attached hydrogen (secondary N) is 1. The van der Waals surface area contributed by atoms with Crippen LogP contribution < -0.4 is 15.0 Å². The number of nitro benzene ring substituents is 1. The number of carbonyl (C=O) groups excluding carboxylic acids is 1. The average molecular weight is 412 g/mol. The van der Waals surface area contributed by atoms with Crippen molar-refractivity contribution < 1.29 is 14.5 Å². The van der Waals surface area contributed by atoms with Crippen LogP contribution in [0.15, 0.2) is 36.4 Å². The highest BCUT2D eigenvalue weighted by molar-refractivity contribution is 5.96. The molecule has 160 valence electrons. The van der Waals surface area contributed by atoms with Crippen molar-refractivity contribution in [1.29, 1.82) is 0 Å². The Bertz CT molecular complexity index is 939. The molecule has 0 spiro atoms. The van der Waals surface area contributed by atoms with Gasteiger partial charge in [0.15, 0.2) is 0 Å². The first-order valence-corrected chi connectivity index (χ1v) is 10.0. The fourth-order valence-corrected chi connectivity index (χ4v) is 3.73. The average Bonchev–Trinajstić information content (AvgIpc) is 2.75. The minimum atomic E-state index is -0.494. The monoisotopic (exact) mass is 412 g/mol. The summed E-state index contributed by atoms with van der Waals surface area (Å²) in [5.74, 6) is 0.104. The van der Waals surface area contributed by atoms with Gasteiger partial charge in [-0.05, 0) is 44.0 Å². The molecule has 0 radical (unpaired) electrons. The molecule has 1 N–H and O–H groups in total. The predicted octanol–water partition coefficient (Wildman–Crippen LogP) is 3.37. The van der Waals surface area contributed by atoms with Gasteiger partial charge >= 0.3 is 0 Å². The van der Waals surface area contributed by atoms with E-state index in [0.717, 1.165) is 26.2 Å². The van der Waals surface area contributed by atoms with E-state index < -0.39 is 4.92 Å². The minimum absolute atomic E-state index is 0.0829. The van der Waals surface area contributed by atoms with Crippen LogP contribution >= 0.6 is 0 Å². The smallest absolute Gasteiger partial charge is 0.273 e. The molecule has 0 aliphatic carbocycles. The van der Waals surface area contributed by atoms with E-state index in [-0.39, 0.29) is 23.4 Å². The summed E-state index contributed by atoms with van der Waals surface area (Å²) in [4.78, 5) is 27.7. The van der Waals surface area contributed by atoms with Gasteiger partial charge in [-0.1, -0.05) is 12.1 Å². The quantitative estimate of drug-likeness (QED) is 0.578. The third kappa shape index (κ3) is 4.54. The summed E-state index contributed by atoms with van der Waals surface area (Å²) in [5.41, 5.74) is 4.17. The second-order valence-electron chi connectivity index (χ2n) is 7.55. The van der Waals surface area contributed by atoms with Gasteiger partial charge in [-0.15, -0.1) is 0 Å². The van der Waals surface area contributed by atoms with Crippen LogP contribution in [-0.4, -0.2) is 55.1 Å². The number of amides is 1. The van der Waals surface area contributed by atoms with Gasteiger partial charge in [0.1, 0.15) is 5.75 Å². The van der Waals surface area contributed by atoms with E-state index in [2.05, 4.69) is 47.2 Å². The van der Waals surface area contributed by atoms with Crippen LogP contribution in [0.5, 0.6) is 5.75 Å². The van der Waals surface area contributed by atoms with Crippen molar-refractivity contribution in [3.63, 3.8) is 0 Å². The number of piperazine rings is 1. The Morgan fingerprint density at radius 1 is 1.17 bits per heavy atom. The largest absolute Gasteiger partial charge is 0.494 e. The van der Waals surface area contributed by atoms with Crippen molar-refractivity contribution in [1.82, 2.24) is 4.90 Å². The van der Waals surface area contributed by atoms with E-state index in [1.54, 1.807) is 0 Å². The molecule has 1 amide bonds. The Balaban J connectivity index is 1.62. The van der Waals surface area contributed by atoms with Crippen molar-refractivity contribution in [2.45, 2.75) is 26.8 Å². The van der Waals surface area contributed by atoms with E-state index in [4.69, 9.17) is 4.74 Å². The highest BCUT2D eigenvalue weighted by Gasteiger charge is 2.27. The lowest BCUT2D eigenvalue weighted by Gasteiger charge is -2.39. The molecule has 0 saturated carbocycles. The number of carbonyl (C=O) groups is 1. The number of rotatable bonds is 6. The summed E-state index contributed by atoms with van der Waals surface area (Å²) < 4.78 is 5.21. The molecule has 8 heteroatoms. The summed E-state index contributed by atoms with van der Waals surface area (Å²) in [6.07, 6.45) is 0. The molecule has 1 aliphatic rings. The van der Waals surface area contributed by atoms with Crippen molar-refractivity contribution >= 4 is 23.0 Å². The van der Waals surface area contributed by atoms with Crippen LogP contribution in [0.1, 0.15) is 18.1 Å². The van der Waals surface area contributed by atoms with Crippen LogP contribution in [-0.2, 0) is 4.79 Å². The van der Waals surface area contributed by atoms with Gasteiger partial charge in [0.25, 0.3) is 5.69 Å².